The highest BCUT2D eigenvalue weighted by molar-refractivity contribution is 9.10. The second kappa shape index (κ2) is 5.05. The van der Waals surface area contributed by atoms with Gasteiger partial charge in [-0.1, -0.05) is 30.3 Å². The Kier molecular flexibility index (Phi) is 3.48. The summed E-state index contributed by atoms with van der Waals surface area (Å²) >= 11 is 3.56. The van der Waals surface area contributed by atoms with Gasteiger partial charge in [-0.15, -0.1) is 12.3 Å². The van der Waals surface area contributed by atoms with E-state index >= 15 is 0 Å². The summed E-state index contributed by atoms with van der Waals surface area (Å²) < 4.78 is 6.58. The SMILES string of the molecule is C#CCCOc1ccc2ccccc2c1Br. The molecule has 1 nitrogen and oxygen atoms in total. The molecule has 80 valence electrons. The minimum Gasteiger partial charge on any atom is -0.491 e. The van der Waals surface area contributed by atoms with E-state index in [1.807, 2.05) is 24.3 Å². The van der Waals surface area contributed by atoms with E-state index in [0.717, 1.165) is 15.6 Å². The van der Waals surface area contributed by atoms with E-state index in [1.54, 1.807) is 0 Å². The zero-order valence-corrected chi connectivity index (χ0v) is 10.3. The summed E-state index contributed by atoms with van der Waals surface area (Å²) in [4.78, 5) is 0. The van der Waals surface area contributed by atoms with Crippen molar-refractivity contribution in [1.82, 2.24) is 0 Å². The van der Waals surface area contributed by atoms with E-state index in [1.165, 1.54) is 5.39 Å². The summed E-state index contributed by atoms with van der Waals surface area (Å²) in [6, 6.07) is 12.2. The highest BCUT2D eigenvalue weighted by Gasteiger charge is 2.04. The molecule has 2 aromatic carbocycles. The molecule has 0 saturated heterocycles. The maximum Gasteiger partial charge on any atom is 0.134 e. The van der Waals surface area contributed by atoms with E-state index in [4.69, 9.17) is 11.2 Å². The molecule has 16 heavy (non-hydrogen) atoms. The van der Waals surface area contributed by atoms with Gasteiger partial charge in [0.25, 0.3) is 0 Å². The highest BCUT2D eigenvalue weighted by Crippen LogP contribution is 2.32. The number of terminal acetylenes is 1. The van der Waals surface area contributed by atoms with Crippen LogP contribution >= 0.6 is 15.9 Å². The lowest BCUT2D eigenvalue weighted by Crippen LogP contribution is -1.96. The summed E-state index contributed by atoms with van der Waals surface area (Å²) in [5, 5.41) is 2.35. The van der Waals surface area contributed by atoms with Gasteiger partial charge in [0.2, 0.25) is 0 Å². The molecule has 0 N–H and O–H groups in total. The maximum atomic E-state index is 5.60. The van der Waals surface area contributed by atoms with Gasteiger partial charge in [-0.3, -0.25) is 0 Å². The average molecular weight is 275 g/mol. The first-order valence-corrected chi connectivity index (χ1v) is 5.86. The highest BCUT2D eigenvalue weighted by atomic mass is 79.9. The van der Waals surface area contributed by atoms with E-state index in [9.17, 15) is 0 Å². The summed E-state index contributed by atoms with van der Waals surface area (Å²) in [5.41, 5.74) is 0. The fourth-order valence-electron chi connectivity index (χ4n) is 1.54. The normalized spacial score (nSPS) is 10.0. The number of benzene rings is 2. The summed E-state index contributed by atoms with van der Waals surface area (Å²) in [6.45, 7) is 0.549. The smallest absolute Gasteiger partial charge is 0.134 e. The summed E-state index contributed by atoms with van der Waals surface area (Å²) in [5.74, 6) is 3.40. The van der Waals surface area contributed by atoms with Gasteiger partial charge in [0, 0.05) is 6.42 Å². The molecule has 0 spiro atoms. The average Bonchev–Trinajstić information content (AvgIpc) is 2.33. The molecule has 2 aromatic rings. The Morgan fingerprint density at radius 2 is 2.00 bits per heavy atom. The third kappa shape index (κ3) is 2.20. The molecular formula is C14H11BrO. The monoisotopic (exact) mass is 274 g/mol. The van der Waals surface area contributed by atoms with Crippen LogP contribution in [0.4, 0.5) is 0 Å². The lowest BCUT2D eigenvalue weighted by Gasteiger charge is -2.08. The lowest BCUT2D eigenvalue weighted by atomic mass is 10.1. The van der Waals surface area contributed by atoms with Gasteiger partial charge in [-0.2, -0.15) is 0 Å². The Hall–Kier alpha value is -1.46. The minimum atomic E-state index is 0.549. The summed E-state index contributed by atoms with van der Waals surface area (Å²) in [7, 11) is 0. The fourth-order valence-corrected chi connectivity index (χ4v) is 2.15. The van der Waals surface area contributed by atoms with Crippen molar-refractivity contribution in [1.29, 1.82) is 0 Å². The Labute approximate surface area is 104 Å². The molecule has 2 rings (SSSR count). The van der Waals surface area contributed by atoms with Crippen LogP contribution in [0.15, 0.2) is 40.9 Å². The molecule has 0 saturated carbocycles. The molecule has 0 amide bonds. The molecule has 0 atom stereocenters. The molecule has 0 aliphatic heterocycles. The van der Waals surface area contributed by atoms with Crippen molar-refractivity contribution >= 4 is 26.7 Å². The summed E-state index contributed by atoms with van der Waals surface area (Å²) in [6.07, 6.45) is 5.80. The van der Waals surface area contributed by atoms with Crippen LogP contribution in [0.25, 0.3) is 10.8 Å². The molecule has 2 heteroatoms. The van der Waals surface area contributed by atoms with E-state index < -0.39 is 0 Å². The van der Waals surface area contributed by atoms with Crippen molar-refractivity contribution in [2.75, 3.05) is 6.61 Å². The van der Waals surface area contributed by atoms with Crippen LogP contribution in [-0.2, 0) is 0 Å². The van der Waals surface area contributed by atoms with Gasteiger partial charge in [-0.05, 0) is 32.8 Å². The van der Waals surface area contributed by atoms with Crippen LogP contribution < -0.4 is 4.74 Å². The first-order valence-electron chi connectivity index (χ1n) is 5.06. The van der Waals surface area contributed by atoms with Crippen molar-refractivity contribution < 1.29 is 4.74 Å². The second-order valence-electron chi connectivity index (χ2n) is 3.40. The molecule has 0 aliphatic rings. The Morgan fingerprint density at radius 3 is 2.81 bits per heavy atom. The Morgan fingerprint density at radius 1 is 1.19 bits per heavy atom. The Balaban J connectivity index is 2.34. The minimum absolute atomic E-state index is 0.549. The van der Waals surface area contributed by atoms with Gasteiger partial charge < -0.3 is 4.74 Å². The van der Waals surface area contributed by atoms with Gasteiger partial charge in [0.1, 0.15) is 5.75 Å². The van der Waals surface area contributed by atoms with Crippen molar-refractivity contribution in [3.63, 3.8) is 0 Å². The van der Waals surface area contributed by atoms with Crippen molar-refractivity contribution in [2.24, 2.45) is 0 Å². The van der Waals surface area contributed by atoms with E-state index in [2.05, 4.69) is 34.0 Å². The van der Waals surface area contributed by atoms with Crippen LogP contribution in [0.2, 0.25) is 0 Å². The van der Waals surface area contributed by atoms with Crippen molar-refractivity contribution in [2.45, 2.75) is 6.42 Å². The zero-order valence-electron chi connectivity index (χ0n) is 8.74. The number of hydrogen-bond donors (Lipinski definition) is 0. The molecular weight excluding hydrogens is 264 g/mol. The molecule has 0 aromatic heterocycles. The molecule has 0 fully saturated rings. The van der Waals surface area contributed by atoms with Crippen LogP contribution in [0, 0.1) is 12.3 Å². The van der Waals surface area contributed by atoms with Crippen molar-refractivity contribution in [3.8, 4) is 18.1 Å². The Bertz CT molecular complexity index is 540. The first-order chi connectivity index (χ1) is 7.83. The van der Waals surface area contributed by atoms with Crippen LogP contribution in [0.1, 0.15) is 6.42 Å². The van der Waals surface area contributed by atoms with Gasteiger partial charge in [0.15, 0.2) is 0 Å². The second-order valence-corrected chi connectivity index (χ2v) is 4.19. The predicted octanol–water partition coefficient (Wildman–Crippen LogP) is 4.00. The number of halogens is 1. The third-order valence-corrected chi connectivity index (χ3v) is 3.15. The van der Waals surface area contributed by atoms with E-state index in [-0.39, 0.29) is 0 Å². The van der Waals surface area contributed by atoms with Gasteiger partial charge in [0.05, 0.1) is 11.1 Å². The van der Waals surface area contributed by atoms with Crippen molar-refractivity contribution in [3.05, 3.63) is 40.9 Å². The topological polar surface area (TPSA) is 9.23 Å². The van der Waals surface area contributed by atoms with Crippen LogP contribution in [0.3, 0.4) is 0 Å². The molecule has 0 bridgehead atoms. The van der Waals surface area contributed by atoms with Gasteiger partial charge >= 0.3 is 0 Å². The van der Waals surface area contributed by atoms with Crippen LogP contribution in [-0.4, -0.2) is 6.61 Å². The van der Waals surface area contributed by atoms with Crippen LogP contribution in [0.5, 0.6) is 5.75 Å². The number of fused-ring (bicyclic) bond motifs is 1. The van der Waals surface area contributed by atoms with Gasteiger partial charge in [-0.25, -0.2) is 0 Å². The predicted molar refractivity (Wildman–Crippen MR) is 70.6 cm³/mol. The first kappa shape index (κ1) is 11.0. The zero-order chi connectivity index (χ0) is 11.4. The number of ether oxygens (including phenoxy) is 1. The quantitative estimate of drug-likeness (QED) is 0.607. The standard InChI is InChI=1S/C14H11BrO/c1-2-3-10-16-13-9-8-11-6-4-5-7-12(11)14(13)15/h1,4-9H,3,10H2. The molecule has 0 unspecified atom stereocenters. The van der Waals surface area contributed by atoms with E-state index in [0.29, 0.717) is 13.0 Å². The third-order valence-electron chi connectivity index (χ3n) is 2.33. The molecule has 0 heterocycles. The fraction of sp³-hybridized carbons (Fsp3) is 0.143. The number of rotatable bonds is 3. The lowest BCUT2D eigenvalue weighted by molar-refractivity contribution is 0.326. The molecule has 0 radical (unpaired) electrons. The largest absolute Gasteiger partial charge is 0.491 e. The number of hydrogen-bond acceptors (Lipinski definition) is 1. The maximum absolute atomic E-state index is 5.60. The molecule has 0 aliphatic carbocycles.